The molecule has 1 spiro atoms. The van der Waals surface area contributed by atoms with Gasteiger partial charge in [-0.25, -0.2) is 0 Å². The number of aliphatic imine (C=N–C) groups is 1. The molecule has 2 unspecified atom stereocenters. The van der Waals surface area contributed by atoms with Crippen molar-refractivity contribution < 1.29 is 9.32 Å². The molecule has 6 heteroatoms. The van der Waals surface area contributed by atoms with Gasteiger partial charge in [-0.3, -0.25) is 9.79 Å². The van der Waals surface area contributed by atoms with Gasteiger partial charge in [-0.1, -0.05) is 54.9 Å². The Balaban J connectivity index is 1.78. The second-order valence-electron chi connectivity index (χ2n) is 10.2. The summed E-state index contributed by atoms with van der Waals surface area (Å²) < 4.78 is 5.53. The van der Waals surface area contributed by atoms with E-state index in [1.165, 1.54) is 0 Å². The van der Waals surface area contributed by atoms with Gasteiger partial charge in [0.05, 0.1) is 11.5 Å². The first-order chi connectivity index (χ1) is 16.2. The summed E-state index contributed by atoms with van der Waals surface area (Å²) in [7, 11) is 0. The summed E-state index contributed by atoms with van der Waals surface area (Å²) in [5.74, 6) is 1.15. The van der Waals surface area contributed by atoms with Crippen LogP contribution in [0.4, 0.5) is 0 Å². The molecule has 0 fully saturated rings. The van der Waals surface area contributed by atoms with Crippen molar-refractivity contribution in [2.24, 2.45) is 22.1 Å². The van der Waals surface area contributed by atoms with Crippen molar-refractivity contribution in [3.63, 3.8) is 0 Å². The van der Waals surface area contributed by atoms with Crippen molar-refractivity contribution >= 4 is 23.2 Å². The zero-order chi connectivity index (χ0) is 24.3. The summed E-state index contributed by atoms with van der Waals surface area (Å²) in [6.07, 6.45) is 3.00. The Morgan fingerprint density at radius 1 is 1.18 bits per heavy atom. The molecule has 34 heavy (non-hydrogen) atoms. The van der Waals surface area contributed by atoms with Gasteiger partial charge in [-0.05, 0) is 80.0 Å². The Labute approximate surface area is 205 Å². The summed E-state index contributed by atoms with van der Waals surface area (Å²) in [5, 5.41) is 4.96. The monoisotopic (exact) mass is 475 g/mol. The molecule has 0 aliphatic heterocycles. The van der Waals surface area contributed by atoms with E-state index in [4.69, 9.17) is 26.9 Å². The third-order valence-corrected chi connectivity index (χ3v) is 7.84. The molecule has 3 aromatic rings. The Kier molecular flexibility index (Phi) is 5.44. The number of benzene rings is 2. The second kappa shape index (κ2) is 8.09. The van der Waals surface area contributed by atoms with Gasteiger partial charge in [-0.15, -0.1) is 0 Å². The minimum atomic E-state index is -1.06. The number of carbonyl (C=O) groups is 1. The van der Waals surface area contributed by atoms with Gasteiger partial charge >= 0.3 is 0 Å². The number of fused-ring (bicyclic) bond motifs is 2. The predicted molar refractivity (Wildman–Crippen MR) is 135 cm³/mol. The summed E-state index contributed by atoms with van der Waals surface area (Å²) in [4.78, 5) is 19.3. The van der Waals surface area contributed by atoms with E-state index in [1.807, 2.05) is 45.0 Å². The number of aryl methyl sites for hydroxylation is 2. The molecule has 5 nitrogen and oxygen atoms in total. The topological polar surface area (TPSA) is 81.5 Å². The normalized spacial score (nSPS) is 23.9. The van der Waals surface area contributed by atoms with Crippen molar-refractivity contribution in [1.82, 2.24) is 5.16 Å². The number of carbonyl (C=O) groups excluding carboxylic acids is 1. The summed E-state index contributed by atoms with van der Waals surface area (Å²) >= 11 is 6.29. The Morgan fingerprint density at radius 2 is 1.94 bits per heavy atom. The van der Waals surface area contributed by atoms with Crippen LogP contribution >= 0.6 is 11.6 Å². The average molecular weight is 476 g/mol. The van der Waals surface area contributed by atoms with Gasteiger partial charge in [0.1, 0.15) is 5.76 Å². The summed E-state index contributed by atoms with van der Waals surface area (Å²) in [6.45, 7) is 7.64. The quantitative estimate of drug-likeness (QED) is 0.380. The highest BCUT2D eigenvalue weighted by atomic mass is 35.5. The molecule has 2 atom stereocenters. The molecule has 1 heterocycles. The molecule has 176 valence electrons. The number of nitrogens with two attached hydrogens (primary N) is 1. The first-order valence-electron chi connectivity index (χ1n) is 11.9. The van der Waals surface area contributed by atoms with E-state index in [0.717, 1.165) is 58.5 Å². The summed E-state index contributed by atoms with van der Waals surface area (Å²) in [5.41, 5.74) is 11.0. The number of rotatable bonds is 4. The number of hydrogen-bond donors (Lipinski definition) is 1. The number of halogens is 1. The smallest absolute Gasteiger partial charge is 0.168 e. The van der Waals surface area contributed by atoms with Crippen LogP contribution in [0.5, 0.6) is 0 Å². The number of aromatic nitrogens is 1. The van der Waals surface area contributed by atoms with Crippen LogP contribution in [-0.2, 0) is 29.6 Å². The van der Waals surface area contributed by atoms with Gasteiger partial charge in [-0.2, -0.15) is 0 Å². The summed E-state index contributed by atoms with van der Waals surface area (Å²) in [6, 6.07) is 14.2. The third kappa shape index (κ3) is 3.32. The van der Waals surface area contributed by atoms with E-state index < -0.39 is 11.0 Å². The lowest BCUT2D eigenvalue weighted by atomic mass is 9.58. The zero-order valence-corrected chi connectivity index (χ0v) is 20.9. The predicted octanol–water partition coefficient (Wildman–Crippen LogP) is 5.83. The van der Waals surface area contributed by atoms with Crippen LogP contribution in [0.1, 0.15) is 55.3 Å². The standard InChI is InChI=1S/C28H30ClN3O2/c1-16(2)26(33)28(31-18(4)30)24-13-20(19-6-5-7-22(29)12-19)8-9-21(24)14-27(28)11-10-25-23(15-27)17(3)34-32-25/h5-9,12-13,16H,10-11,14-15H2,1-4H3,(H2,30,31). The molecule has 0 bridgehead atoms. The van der Waals surface area contributed by atoms with Crippen molar-refractivity contribution in [3.05, 3.63) is 75.6 Å². The van der Waals surface area contributed by atoms with E-state index in [2.05, 4.69) is 23.4 Å². The van der Waals surface area contributed by atoms with Crippen molar-refractivity contribution in [2.75, 3.05) is 0 Å². The fourth-order valence-corrected chi connectivity index (χ4v) is 6.30. The van der Waals surface area contributed by atoms with Crippen LogP contribution in [0.3, 0.4) is 0 Å². The average Bonchev–Trinajstić information content (AvgIpc) is 3.28. The first-order valence-corrected chi connectivity index (χ1v) is 12.2. The minimum Gasteiger partial charge on any atom is -0.388 e. The number of nitrogens with zero attached hydrogens (tertiary/aromatic N) is 2. The highest BCUT2D eigenvalue weighted by Crippen LogP contribution is 2.60. The maximum Gasteiger partial charge on any atom is 0.168 e. The molecule has 0 saturated carbocycles. The van der Waals surface area contributed by atoms with E-state index in [0.29, 0.717) is 17.3 Å². The second-order valence-corrected chi connectivity index (χ2v) is 10.6. The van der Waals surface area contributed by atoms with Crippen molar-refractivity contribution in [1.29, 1.82) is 0 Å². The number of Topliss-reactive ketones (excluding diaryl/α,β-unsaturated/α-hetero) is 1. The van der Waals surface area contributed by atoms with Crippen LogP contribution < -0.4 is 5.73 Å². The molecule has 0 radical (unpaired) electrons. The van der Waals surface area contributed by atoms with E-state index in [9.17, 15) is 4.79 Å². The van der Waals surface area contributed by atoms with E-state index in [-0.39, 0.29) is 11.7 Å². The molecule has 2 aliphatic carbocycles. The number of hydrogen-bond acceptors (Lipinski definition) is 4. The number of amidine groups is 1. The maximum atomic E-state index is 14.3. The zero-order valence-electron chi connectivity index (χ0n) is 20.1. The Bertz CT molecular complexity index is 1320. The molecule has 2 N–H and O–H groups in total. The molecule has 1 aromatic heterocycles. The van der Waals surface area contributed by atoms with Crippen molar-refractivity contribution in [3.8, 4) is 11.1 Å². The van der Waals surface area contributed by atoms with Crippen LogP contribution in [0.2, 0.25) is 5.02 Å². The SMILES string of the molecule is CC(N)=NC1(C(=O)C(C)C)c2cc(-c3cccc(Cl)c3)ccc2CC12CCc1noc(C)c1C2. The fourth-order valence-electron chi connectivity index (χ4n) is 6.11. The lowest BCUT2D eigenvalue weighted by molar-refractivity contribution is -0.132. The molecule has 2 aromatic carbocycles. The molecule has 2 aliphatic rings. The molecular formula is C28H30ClN3O2. The fraction of sp³-hybridized carbons (Fsp3) is 0.393. The molecule has 0 amide bonds. The van der Waals surface area contributed by atoms with Gasteiger partial charge in [0, 0.05) is 21.9 Å². The van der Waals surface area contributed by atoms with Crippen LogP contribution in [0, 0.1) is 18.3 Å². The van der Waals surface area contributed by atoms with Gasteiger partial charge in [0.2, 0.25) is 0 Å². The first kappa shape index (κ1) is 22.9. The largest absolute Gasteiger partial charge is 0.388 e. The minimum absolute atomic E-state index is 0.108. The van der Waals surface area contributed by atoms with Crippen LogP contribution in [0.25, 0.3) is 11.1 Å². The Hall–Kier alpha value is -2.92. The molecule has 5 rings (SSSR count). The van der Waals surface area contributed by atoms with Gasteiger partial charge in [0.15, 0.2) is 11.3 Å². The Morgan fingerprint density at radius 3 is 2.65 bits per heavy atom. The maximum absolute atomic E-state index is 14.3. The van der Waals surface area contributed by atoms with Crippen molar-refractivity contribution in [2.45, 2.75) is 58.9 Å². The van der Waals surface area contributed by atoms with E-state index >= 15 is 0 Å². The van der Waals surface area contributed by atoms with Gasteiger partial charge < -0.3 is 10.3 Å². The van der Waals surface area contributed by atoms with Crippen LogP contribution in [0.15, 0.2) is 52.0 Å². The van der Waals surface area contributed by atoms with E-state index in [1.54, 1.807) is 6.92 Å². The molecular weight excluding hydrogens is 446 g/mol. The molecule has 0 saturated heterocycles. The lowest BCUT2D eigenvalue weighted by Crippen LogP contribution is -2.52. The number of ketones is 1. The highest BCUT2D eigenvalue weighted by molar-refractivity contribution is 6.30. The lowest BCUT2D eigenvalue weighted by Gasteiger charge is -2.46. The van der Waals surface area contributed by atoms with Crippen LogP contribution in [-0.4, -0.2) is 16.8 Å². The highest BCUT2D eigenvalue weighted by Gasteiger charge is 2.63. The third-order valence-electron chi connectivity index (χ3n) is 7.60. The van der Waals surface area contributed by atoms with Gasteiger partial charge in [0.25, 0.3) is 0 Å².